The van der Waals surface area contributed by atoms with Crippen LogP contribution in [0.4, 0.5) is 0 Å². The van der Waals surface area contributed by atoms with Gasteiger partial charge in [0.25, 0.3) is 0 Å². The second-order valence-corrected chi connectivity index (χ2v) is 5.60. The molecule has 0 aromatic rings. The summed E-state index contributed by atoms with van der Waals surface area (Å²) in [7, 11) is 0. The van der Waals surface area contributed by atoms with Crippen molar-refractivity contribution in [3.8, 4) is 0 Å². The molecule has 0 saturated heterocycles. The van der Waals surface area contributed by atoms with Gasteiger partial charge in [-0.1, -0.05) is 55.9 Å². The molecular formula is C15H22. The maximum atomic E-state index is 2.59. The molecule has 0 aliphatic heterocycles. The van der Waals surface area contributed by atoms with E-state index in [9.17, 15) is 0 Å². The van der Waals surface area contributed by atoms with Crippen LogP contribution in [0.5, 0.6) is 0 Å². The van der Waals surface area contributed by atoms with Crippen molar-refractivity contribution in [3.05, 3.63) is 23.8 Å². The first-order valence-electron chi connectivity index (χ1n) is 6.83. The summed E-state index contributed by atoms with van der Waals surface area (Å²) in [6.45, 7) is 0. The molecule has 2 atom stereocenters. The average Bonchev–Trinajstić information content (AvgIpc) is 2.78. The topological polar surface area (TPSA) is 0 Å². The number of rotatable bonds is 1. The lowest BCUT2D eigenvalue weighted by atomic mass is 9.81. The molecule has 1 saturated carbocycles. The van der Waals surface area contributed by atoms with E-state index in [2.05, 4.69) is 18.2 Å². The lowest BCUT2D eigenvalue weighted by Gasteiger charge is -2.24. The van der Waals surface area contributed by atoms with E-state index in [0.29, 0.717) is 0 Å². The number of hydrogen-bond donors (Lipinski definition) is 0. The highest BCUT2D eigenvalue weighted by Crippen LogP contribution is 2.44. The Labute approximate surface area is 93.5 Å². The molecule has 0 N–H and O–H groups in total. The molecule has 82 valence electrons. The van der Waals surface area contributed by atoms with Gasteiger partial charge in [-0.3, -0.25) is 0 Å². The summed E-state index contributed by atoms with van der Waals surface area (Å²) in [6.07, 6.45) is 19.2. The minimum atomic E-state index is 0.815. The largest absolute Gasteiger partial charge is 0.0810 e. The van der Waals surface area contributed by atoms with E-state index in [4.69, 9.17) is 0 Å². The molecule has 1 fully saturated rings. The fourth-order valence-corrected chi connectivity index (χ4v) is 3.70. The Bertz CT molecular complexity index is 276. The van der Waals surface area contributed by atoms with Crippen LogP contribution < -0.4 is 0 Å². The predicted octanol–water partition coefficient (Wildman–Crippen LogP) is 4.48. The van der Waals surface area contributed by atoms with Crippen LogP contribution >= 0.6 is 0 Å². The normalized spacial score (nSPS) is 36.4. The number of hydrogen-bond acceptors (Lipinski definition) is 0. The van der Waals surface area contributed by atoms with Gasteiger partial charge in [0.1, 0.15) is 0 Å². The van der Waals surface area contributed by atoms with Crippen LogP contribution in [0.15, 0.2) is 23.8 Å². The molecule has 3 aliphatic carbocycles. The van der Waals surface area contributed by atoms with Crippen LogP contribution in [0.3, 0.4) is 0 Å². The van der Waals surface area contributed by atoms with Crippen LogP contribution in [0.1, 0.15) is 51.4 Å². The molecule has 0 heterocycles. The molecular weight excluding hydrogens is 180 g/mol. The van der Waals surface area contributed by atoms with E-state index in [1.165, 1.54) is 51.4 Å². The summed E-state index contributed by atoms with van der Waals surface area (Å²) in [6, 6.07) is 0. The molecule has 2 bridgehead atoms. The lowest BCUT2D eigenvalue weighted by molar-refractivity contribution is 0.404. The first-order valence-corrected chi connectivity index (χ1v) is 6.83. The van der Waals surface area contributed by atoms with Crippen LogP contribution in [0.2, 0.25) is 0 Å². The first kappa shape index (κ1) is 9.69. The fourth-order valence-electron chi connectivity index (χ4n) is 3.70. The van der Waals surface area contributed by atoms with Crippen molar-refractivity contribution in [1.82, 2.24) is 0 Å². The molecule has 0 aromatic heterocycles. The Hall–Kier alpha value is -0.520. The minimum absolute atomic E-state index is 0.815. The smallest absolute Gasteiger partial charge is 0.00115 e. The fraction of sp³-hybridized carbons (Fsp3) is 0.733. The van der Waals surface area contributed by atoms with Crippen molar-refractivity contribution in [3.63, 3.8) is 0 Å². The standard InChI is InChI=1S/C15H22/c1-2-4-6-13(7-5-3-1)15-11-12-8-9-14(15)10-12/h8-9,11-14H,1-7,10H2. The minimum Gasteiger partial charge on any atom is -0.0810 e. The van der Waals surface area contributed by atoms with Crippen molar-refractivity contribution in [2.24, 2.45) is 17.8 Å². The van der Waals surface area contributed by atoms with Crippen LogP contribution in [-0.4, -0.2) is 0 Å². The van der Waals surface area contributed by atoms with Gasteiger partial charge in [0, 0.05) is 0 Å². The Balaban J connectivity index is 1.68. The molecule has 0 radical (unpaired) electrons. The zero-order chi connectivity index (χ0) is 10.1. The SMILES string of the molecule is C1=CC2CC1C=C2C1CCCCCCC1. The molecule has 0 spiro atoms. The third-order valence-electron chi connectivity index (χ3n) is 4.53. The lowest BCUT2D eigenvalue weighted by Crippen LogP contribution is -2.10. The van der Waals surface area contributed by atoms with Gasteiger partial charge in [0.15, 0.2) is 0 Å². The Morgan fingerprint density at radius 2 is 1.60 bits per heavy atom. The Kier molecular flexibility index (Phi) is 2.68. The number of fused-ring (bicyclic) bond motifs is 2. The molecule has 0 amide bonds. The third kappa shape index (κ3) is 1.91. The molecule has 3 aliphatic rings. The van der Waals surface area contributed by atoms with Crippen LogP contribution in [-0.2, 0) is 0 Å². The van der Waals surface area contributed by atoms with Crippen molar-refractivity contribution in [2.75, 3.05) is 0 Å². The Morgan fingerprint density at radius 1 is 0.867 bits per heavy atom. The highest BCUT2D eigenvalue weighted by Gasteiger charge is 2.31. The quantitative estimate of drug-likeness (QED) is 0.550. The second-order valence-electron chi connectivity index (χ2n) is 5.60. The summed E-state index contributed by atoms with van der Waals surface area (Å²) in [5.41, 5.74) is 1.82. The Morgan fingerprint density at radius 3 is 2.20 bits per heavy atom. The summed E-state index contributed by atoms with van der Waals surface area (Å²) < 4.78 is 0. The van der Waals surface area contributed by atoms with Gasteiger partial charge in [0.2, 0.25) is 0 Å². The van der Waals surface area contributed by atoms with Gasteiger partial charge < -0.3 is 0 Å². The van der Waals surface area contributed by atoms with Gasteiger partial charge in [-0.2, -0.15) is 0 Å². The van der Waals surface area contributed by atoms with Gasteiger partial charge in [0.05, 0.1) is 0 Å². The third-order valence-corrected chi connectivity index (χ3v) is 4.53. The highest BCUT2D eigenvalue weighted by molar-refractivity contribution is 5.31. The molecule has 15 heavy (non-hydrogen) atoms. The summed E-state index contributed by atoms with van der Waals surface area (Å²) >= 11 is 0. The van der Waals surface area contributed by atoms with Crippen LogP contribution in [0.25, 0.3) is 0 Å². The molecule has 2 unspecified atom stereocenters. The van der Waals surface area contributed by atoms with Crippen LogP contribution in [0, 0.1) is 17.8 Å². The van der Waals surface area contributed by atoms with Crippen molar-refractivity contribution >= 4 is 0 Å². The number of allylic oxidation sites excluding steroid dienone is 4. The van der Waals surface area contributed by atoms with Crippen molar-refractivity contribution < 1.29 is 0 Å². The van der Waals surface area contributed by atoms with Gasteiger partial charge >= 0.3 is 0 Å². The molecule has 0 aromatic carbocycles. The van der Waals surface area contributed by atoms with Crippen molar-refractivity contribution in [1.29, 1.82) is 0 Å². The van der Waals surface area contributed by atoms with E-state index >= 15 is 0 Å². The molecule has 3 rings (SSSR count). The molecule has 0 heteroatoms. The van der Waals surface area contributed by atoms with E-state index < -0.39 is 0 Å². The maximum absolute atomic E-state index is 2.59. The van der Waals surface area contributed by atoms with Gasteiger partial charge in [-0.25, -0.2) is 0 Å². The highest BCUT2D eigenvalue weighted by atomic mass is 14.4. The van der Waals surface area contributed by atoms with E-state index in [1.54, 1.807) is 0 Å². The maximum Gasteiger partial charge on any atom is -0.00115 e. The van der Waals surface area contributed by atoms with E-state index in [-0.39, 0.29) is 0 Å². The van der Waals surface area contributed by atoms with Gasteiger partial charge in [-0.05, 0) is 37.0 Å². The molecule has 0 nitrogen and oxygen atoms in total. The summed E-state index contributed by atoms with van der Waals surface area (Å²) in [5, 5.41) is 0. The summed E-state index contributed by atoms with van der Waals surface area (Å²) in [4.78, 5) is 0. The van der Waals surface area contributed by atoms with Gasteiger partial charge in [-0.15, -0.1) is 0 Å². The first-order chi connectivity index (χ1) is 7.43. The van der Waals surface area contributed by atoms with E-state index in [0.717, 1.165) is 17.8 Å². The van der Waals surface area contributed by atoms with E-state index in [1.807, 2.05) is 5.57 Å². The summed E-state index contributed by atoms with van der Waals surface area (Å²) in [5.74, 6) is 2.61. The average molecular weight is 202 g/mol. The predicted molar refractivity (Wildman–Crippen MR) is 64.6 cm³/mol. The monoisotopic (exact) mass is 202 g/mol. The zero-order valence-electron chi connectivity index (χ0n) is 9.62. The second kappa shape index (κ2) is 4.15. The zero-order valence-corrected chi connectivity index (χ0v) is 9.62. The van der Waals surface area contributed by atoms with Crippen molar-refractivity contribution in [2.45, 2.75) is 51.4 Å².